The Kier molecular flexibility index (Phi) is 16.0. The van der Waals surface area contributed by atoms with Gasteiger partial charge in [-0.05, 0) is 48.5 Å². The summed E-state index contributed by atoms with van der Waals surface area (Å²) in [5.74, 6) is 0. The van der Waals surface area contributed by atoms with Gasteiger partial charge in [-0.2, -0.15) is 0 Å². The van der Waals surface area contributed by atoms with E-state index in [-0.39, 0.29) is 46.4 Å². The second-order valence-electron chi connectivity index (χ2n) is 8.28. The maximum absolute atomic E-state index is 11.1. The third-order valence-corrected chi connectivity index (χ3v) is 5.38. The molecule has 182 valence electrons. The van der Waals surface area contributed by atoms with E-state index in [9.17, 15) is 5.11 Å². The predicted octanol–water partition coefficient (Wildman–Crippen LogP) is 3.78. The molecule has 0 radical (unpaired) electrons. The zero-order valence-electron chi connectivity index (χ0n) is 21.6. The van der Waals surface area contributed by atoms with Crippen LogP contribution in [0.25, 0.3) is 0 Å². The summed E-state index contributed by atoms with van der Waals surface area (Å²) in [5, 5.41) is 11.1. The number of rotatable bonds is 12. The Bertz CT molecular complexity index is 923. The summed E-state index contributed by atoms with van der Waals surface area (Å²) in [6.45, 7) is 3.52. The van der Waals surface area contributed by atoms with Crippen LogP contribution < -0.4 is 0 Å². The first-order valence-corrected chi connectivity index (χ1v) is 11.5. The minimum absolute atomic E-state index is 0. The Morgan fingerprint density at radius 3 is 1.00 bits per heavy atom. The summed E-state index contributed by atoms with van der Waals surface area (Å²) in [5.41, 5.74) is 3.85. The molecule has 37 heavy (non-hydrogen) atoms. The van der Waals surface area contributed by atoms with E-state index in [0.717, 1.165) is 22.8 Å². The van der Waals surface area contributed by atoms with Gasteiger partial charge >= 0.3 is 39.0 Å². The van der Waals surface area contributed by atoms with E-state index in [4.69, 9.17) is 0 Å². The molecule has 4 rings (SSSR count). The van der Waals surface area contributed by atoms with Gasteiger partial charge in [-0.25, -0.2) is 0 Å². The second kappa shape index (κ2) is 18.1. The van der Waals surface area contributed by atoms with Gasteiger partial charge in [0.1, 0.15) is 0 Å². The van der Waals surface area contributed by atoms with Crippen LogP contribution in [0.1, 0.15) is 22.8 Å². The molecule has 4 aromatic heterocycles. The minimum Gasteiger partial charge on any atom is -0.390 e. The molecule has 0 saturated heterocycles. The van der Waals surface area contributed by atoms with E-state index in [1.807, 2.05) is 72.8 Å². The molecular weight excluding hydrogens is 567 g/mol. The van der Waals surface area contributed by atoms with Gasteiger partial charge < -0.3 is 12.5 Å². The summed E-state index contributed by atoms with van der Waals surface area (Å²) in [6.07, 6.45) is 6.62. The number of hydrogen-bond acceptors (Lipinski definition) is 7. The molecule has 4 heterocycles. The third kappa shape index (κ3) is 11.8. The van der Waals surface area contributed by atoms with Gasteiger partial charge in [-0.3, -0.25) is 29.7 Å². The molecule has 0 bridgehead atoms. The average molecular weight is 600 g/mol. The fraction of sp³-hybridized carbons (Fsp3) is 0.250. The third-order valence-electron chi connectivity index (χ3n) is 5.38. The predicted molar refractivity (Wildman–Crippen MR) is 138 cm³/mol. The van der Waals surface area contributed by atoms with Crippen LogP contribution >= 0.6 is 0 Å². The largest absolute Gasteiger partial charge is 2.00 e. The topological polar surface area (TPSA) is 78.3 Å². The van der Waals surface area contributed by atoms with E-state index >= 15 is 0 Å². The fourth-order valence-electron chi connectivity index (χ4n) is 3.91. The van der Waals surface area contributed by atoms with E-state index in [2.05, 4.69) is 29.7 Å². The zero-order chi connectivity index (χ0) is 23.4. The molecule has 0 saturated carbocycles. The summed E-state index contributed by atoms with van der Waals surface area (Å²) in [4.78, 5) is 22.3. The standard InChI is InChI=1S/C27H30N6O.CH3.2Zn/c34-27(21-32(17-23-9-1-5-13-28-23)18-24-10-2-6-14-29-24)22-33(19-25-11-3-7-15-30-25)20-26-12-4-8-16-31-26;;;/h1-16,27,34H,17-22H2;1H3;;/q;-1;2*+2. The zero-order valence-corrected chi connectivity index (χ0v) is 27.5. The number of aliphatic hydroxyl groups is 1. The Hall–Kier alpha value is -2.27. The molecule has 0 aliphatic carbocycles. The molecule has 1 N–H and O–H groups in total. The molecule has 0 atom stereocenters. The summed E-state index contributed by atoms with van der Waals surface area (Å²) >= 11 is 0. The second-order valence-corrected chi connectivity index (χ2v) is 8.28. The van der Waals surface area contributed by atoms with Gasteiger partial charge in [0.05, 0.1) is 28.9 Å². The van der Waals surface area contributed by atoms with Gasteiger partial charge in [-0.15, -0.1) is 0 Å². The number of aromatic nitrogens is 4. The van der Waals surface area contributed by atoms with Crippen LogP contribution in [0.4, 0.5) is 0 Å². The molecule has 0 aliphatic heterocycles. The van der Waals surface area contributed by atoms with Crippen LogP contribution in [-0.4, -0.2) is 54.0 Å². The van der Waals surface area contributed by atoms with Crippen molar-refractivity contribution >= 4 is 0 Å². The van der Waals surface area contributed by atoms with Crippen molar-refractivity contribution in [1.82, 2.24) is 29.7 Å². The molecule has 7 nitrogen and oxygen atoms in total. The molecule has 9 heteroatoms. The van der Waals surface area contributed by atoms with Gasteiger partial charge in [0.2, 0.25) is 0 Å². The van der Waals surface area contributed by atoms with Crippen molar-refractivity contribution in [3.05, 3.63) is 128 Å². The molecule has 0 fully saturated rings. The van der Waals surface area contributed by atoms with Crippen molar-refractivity contribution in [3.63, 3.8) is 0 Å². The van der Waals surface area contributed by atoms with Crippen LogP contribution in [0.15, 0.2) is 97.6 Å². The number of aliphatic hydroxyl groups excluding tert-OH is 1. The fourth-order valence-corrected chi connectivity index (χ4v) is 3.91. The molecular formula is C28H33N6OZn2+3. The van der Waals surface area contributed by atoms with Crippen molar-refractivity contribution in [2.24, 2.45) is 0 Å². The van der Waals surface area contributed by atoms with Gasteiger partial charge in [0.15, 0.2) is 0 Å². The molecule has 0 aromatic carbocycles. The smallest absolute Gasteiger partial charge is 0.390 e. The van der Waals surface area contributed by atoms with E-state index in [1.54, 1.807) is 24.8 Å². The SMILES string of the molecule is OC(CN(Cc1ccccn1)Cc1ccccn1)CN(Cc1ccccn1)Cc1ccccn1.[CH3-].[Zn+2].[Zn+2]. The first-order valence-electron chi connectivity index (χ1n) is 11.5. The van der Waals surface area contributed by atoms with Crippen LogP contribution in [0.5, 0.6) is 0 Å². The Morgan fingerprint density at radius 2 is 0.784 bits per heavy atom. The first-order chi connectivity index (χ1) is 16.7. The molecule has 0 spiro atoms. The van der Waals surface area contributed by atoms with Crippen LogP contribution in [0.3, 0.4) is 0 Å². The van der Waals surface area contributed by atoms with Crippen LogP contribution in [0.2, 0.25) is 0 Å². The number of nitrogens with zero attached hydrogens (tertiary/aromatic N) is 6. The van der Waals surface area contributed by atoms with Crippen LogP contribution in [-0.2, 0) is 65.1 Å². The summed E-state index contributed by atoms with van der Waals surface area (Å²) in [7, 11) is 0. The monoisotopic (exact) mass is 597 g/mol. The Morgan fingerprint density at radius 1 is 0.514 bits per heavy atom. The van der Waals surface area contributed by atoms with E-state index in [0.29, 0.717) is 39.3 Å². The maximum Gasteiger partial charge on any atom is 2.00 e. The molecule has 0 unspecified atom stereocenters. The summed E-state index contributed by atoms with van der Waals surface area (Å²) < 4.78 is 0. The first kappa shape index (κ1) is 32.8. The quantitative estimate of drug-likeness (QED) is 0.196. The van der Waals surface area contributed by atoms with Crippen molar-refractivity contribution in [3.8, 4) is 0 Å². The van der Waals surface area contributed by atoms with Gasteiger partial charge in [0.25, 0.3) is 0 Å². The number of pyridine rings is 4. The van der Waals surface area contributed by atoms with E-state index < -0.39 is 6.10 Å². The van der Waals surface area contributed by atoms with Gasteiger partial charge in [-0.1, -0.05) is 24.3 Å². The van der Waals surface area contributed by atoms with Crippen molar-refractivity contribution < 1.29 is 44.1 Å². The maximum atomic E-state index is 11.1. The molecule has 0 amide bonds. The minimum atomic E-state index is -0.570. The van der Waals surface area contributed by atoms with Crippen LogP contribution in [0, 0.1) is 7.43 Å². The van der Waals surface area contributed by atoms with Crippen molar-refractivity contribution in [1.29, 1.82) is 0 Å². The number of hydrogen-bond donors (Lipinski definition) is 1. The van der Waals surface area contributed by atoms with Gasteiger partial charge in [0, 0.05) is 64.1 Å². The average Bonchev–Trinajstić information content (AvgIpc) is 2.86. The molecule has 0 aliphatic rings. The van der Waals surface area contributed by atoms with Crippen molar-refractivity contribution in [2.45, 2.75) is 32.3 Å². The van der Waals surface area contributed by atoms with Crippen molar-refractivity contribution in [2.75, 3.05) is 13.1 Å². The Balaban J connectivity index is 0.00000228. The normalized spacial score (nSPS) is 10.5. The molecule has 4 aromatic rings. The Labute approximate surface area is 245 Å². The summed E-state index contributed by atoms with van der Waals surface area (Å²) in [6, 6.07) is 23.6. The van der Waals surface area contributed by atoms with E-state index in [1.165, 1.54) is 0 Å².